The van der Waals surface area contributed by atoms with Crippen molar-refractivity contribution < 1.29 is 9.13 Å². The average molecular weight is 374 g/mol. The van der Waals surface area contributed by atoms with Gasteiger partial charge in [0.1, 0.15) is 12.1 Å². The molecule has 0 saturated heterocycles. The Morgan fingerprint density at radius 3 is 2.64 bits per heavy atom. The van der Waals surface area contributed by atoms with E-state index in [1.807, 2.05) is 0 Å². The number of hydrogen-bond acceptors (Lipinski definition) is 7. The first-order valence-electron chi connectivity index (χ1n) is 8.39. The van der Waals surface area contributed by atoms with Crippen LogP contribution in [0.2, 0.25) is 0 Å². The van der Waals surface area contributed by atoms with Crippen molar-refractivity contribution in [1.29, 1.82) is 0 Å². The second-order valence-electron chi connectivity index (χ2n) is 5.78. The molecule has 0 saturated carbocycles. The minimum absolute atomic E-state index is 0.349. The van der Waals surface area contributed by atoms with E-state index in [9.17, 15) is 4.39 Å². The van der Waals surface area contributed by atoms with Crippen LogP contribution in [0.4, 0.5) is 16.0 Å². The molecule has 1 N–H and O–H groups in total. The third-order valence-corrected chi connectivity index (χ3v) is 3.95. The van der Waals surface area contributed by atoms with Crippen LogP contribution in [0.25, 0.3) is 22.5 Å². The summed E-state index contributed by atoms with van der Waals surface area (Å²) in [7, 11) is 1.55. The number of hydrogen-bond donors (Lipinski definition) is 1. The molecule has 3 aromatic heterocycles. The lowest BCUT2D eigenvalue weighted by Crippen LogP contribution is -2.01. The number of aromatic nitrogens is 5. The number of halogens is 1. The molecule has 0 aliphatic carbocycles. The van der Waals surface area contributed by atoms with Crippen molar-refractivity contribution in [2.75, 3.05) is 12.4 Å². The van der Waals surface area contributed by atoms with Gasteiger partial charge in [0.05, 0.1) is 30.4 Å². The molecule has 8 heteroatoms. The smallest absolute Gasteiger partial charge is 0.227 e. The maximum Gasteiger partial charge on any atom is 0.227 e. The van der Waals surface area contributed by atoms with Crippen molar-refractivity contribution in [1.82, 2.24) is 24.9 Å². The van der Waals surface area contributed by atoms with Crippen LogP contribution in [0.1, 0.15) is 0 Å². The van der Waals surface area contributed by atoms with Gasteiger partial charge in [0.15, 0.2) is 0 Å². The van der Waals surface area contributed by atoms with Gasteiger partial charge >= 0.3 is 0 Å². The van der Waals surface area contributed by atoms with Crippen molar-refractivity contribution in [2.45, 2.75) is 0 Å². The molecule has 0 amide bonds. The molecule has 1 aromatic carbocycles. The Kier molecular flexibility index (Phi) is 4.83. The topological polar surface area (TPSA) is 85.7 Å². The van der Waals surface area contributed by atoms with Gasteiger partial charge in [-0.05, 0) is 24.3 Å². The summed E-state index contributed by atoms with van der Waals surface area (Å²) in [6, 6.07) is 11.5. The van der Waals surface area contributed by atoms with E-state index >= 15 is 0 Å². The third-order valence-electron chi connectivity index (χ3n) is 3.95. The van der Waals surface area contributed by atoms with Crippen LogP contribution in [0, 0.1) is 5.82 Å². The number of pyridine rings is 1. The van der Waals surface area contributed by atoms with E-state index in [1.54, 1.807) is 56.0 Å². The van der Waals surface area contributed by atoms with E-state index in [4.69, 9.17) is 4.74 Å². The lowest BCUT2D eigenvalue weighted by molar-refractivity contribution is 0.398. The first kappa shape index (κ1) is 17.5. The lowest BCUT2D eigenvalue weighted by Gasteiger charge is -2.11. The highest BCUT2D eigenvalue weighted by atomic mass is 19.1. The average Bonchev–Trinajstić information content (AvgIpc) is 2.75. The molecule has 4 rings (SSSR count). The van der Waals surface area contributed by atoms with E-state index in [1.165, 1.54) is 18.5 Å². The molecule has 0 aliphatic rings. The monoisotopic (exact) mass is 374 g/mol. The van der Waals surface area contributed by atoms with Gasteiger partial charge in [-0.2, -0.15) is 0 Å². The van der Waals surface area contributed by atoms with Crippen LogP contribution in [-0.2, 0) is 0 Å². The van der Waals surface area contributed by atoms with Crippen LogP contribution in [0.15, 0.2) is 67.4 Å². The fraction of sp³-hybridized carbons (Fsp3) is 0.0500. The fourth-order valence-electron chi connectivity index (χ4n) is 2.64. The Bertz CT molecular complexity index is 1090. The SMILES string of the molecule is COc1ccc(Nc2ncc(-c3ccncn3)c(-c3cccc(F)c3)n2)cn1. The quantitative estimate of drug-likeness (QED) is 0.567. The summed E-state index contributed by atoms with van der Waals surface area (Å²) in [5, 5.41) is 3.09. The summed E-state index contributed by atoms with van der Waals surface area (Å²) in [5.74, 6) is 0.508. The Balaban J connectivity index is 1.76. The Hall–Kier alpha value is -3.94. The summed E-state index contributed by atoms with van der Waals surface area (Å²) >= 11 is 0. The second kappa shape index (κ2) is 7.75. The highest BCUT2D eigenvalue weighted by Gasteiger charge is 2.13. The lowest BCUT2D eigenvalue weighted by atomic mass is 10.0. The molecule has 138 valence electrons. The van der Waals surface area contributed by atoms with Crippen molar-refractivity contribution in [3.63, 3.8) is 0 Å². The summed E-state index contributed by atoms with van der Waals surface area (Å²) in [5.41, 5.74) is 3.18. The maximum atomic E-state index is 13.8. The van der Waals surface area contributed by atoms with E-state index in [0.717, 1.165) is 0 Å². The second-order valence-corrected chi connectivity index (χ2v) is 5.78. The normalized spacial score (nSPS) is 10.5. The number of nitrogens with one attached hydrogen (secondary N) is 1. The van der Waals surface area contributed by atoms with Gasteiger partial charge in [0, 0.05) is 29.6 Å². The Morgan fingerprint density at radius 1 is 1.00 bits per heavy atom. The summed E-state index contributed by atoms with van der Waals surface area (Å²) in [6.07, 6.45) is 6.34. The molecule has 3 heterocycles. The predicted molar refractivity (Wildman–Crippen MR) is 103 cm³/mol. The number of nitrogens with zero attached hydrogens (tertiary/aromatic N) is 5. The van der Waals surface area contributed by atoms with Gasteiger partial charge in [0.25, 0.3) is 0 Å². The zero-order chi connectivity index (χ0) is 19.3. The first-order valence-corrected chi connectivity index (χ1v) is 8.39. The van der Waals surface area contributed by atoms with Gasteiger partial charge in [-0.3, -0.25) is 0 Å². The minimum atomic E-state index is -0.349. The molecule has 0 aliphatic heterocycles. The van der Waals surface area contributed by atoms with Crippen LogP contribution in [-0.4, -0.2) is 32.0 Å². The Morgan fingerprint density at radius 2 is 1.93 bits per heavy atom. The molecule has 0 atom stereocenters. The maximum absolute atomic E-state index is 13.8. The number of anilines is 2. The van der Waals surface area contributed by atoms with Crippen LogP contribution in [0.5, 0.6) is 5.88 Å². The molecule has 7 nitrogen and oxygen atoms in total. The minimum Gasteiger partial charge on any atom is -0.481 e. The number of rotatable bonds is 5. The largest absolute Gasteiger partial charge is 0.481 e. The number of methoxy groups -OCH3 is 1. The van der Waals surface area contributed by atoms with Crippen molar-refractivity contribution >= 4 is 11.6 Å². The van der Waals surface area contributed by atoms with Crippen LogP contribution < -0.4 is 10.1 Å². The summed E-state index contributed by atoms with van der Waals surface area (Å²) in [4.78, 5) is 21.3. The highest BCUT2D eigenvalue weighted by Crippen LogP contribution is 2.30. The molecule has 0 bridgehead atoms. The molecule has 4 aromatic rings. The van der Waals surface area contributed by atoms with Crippen molar-refractivity contribution in [2.24, 2.45) is 0 Å². The molecule has 0 fully saturated rings. The zero-order valence-electron chi connectivity index (χ0n) is 14.9. The summed E-state index contributed by atoms with van der Waals surface area (Å²) in [6.45, 7) is 0. The van der Waals surface area contributed by atoms with E-state index in [2.05, 4.69) is 30.2 Å². The van der Waals surface area contributed by atoms with Crippen LogP contribution >= 0.6 is 0 Å². The van der Waals surface area contributed by atoms with Crippen molar-refractivity contribution in [3.8, 4) is 28.4 Å². The highest BCUT2D eigenvalue weighted by molar-refractivity contribution is 5.79. The standard InChI is InChI=1S/C20H15FN6O/c1-28-18-6-5-15(10-23-18)26-20-24-11-16(17-7-8-22-12-25-17)19(27-20)13-3-2-4-14(21)9-13/h2-12H,1H3,(H,24,26,27). The summed E-state index contributed by atoms with van der Waals surface area (Å²) < 4.78 is 18.9. The van der Waals surface area contributed by atoms with Gasteiger partial charge in [-0.1, -0.05) is 12.1 Å². The predicted octanol–water partition coefficient (Wildman–Crippen LogP) is 3.89. The van der Waals surface area contributed by atoms with Gasteiger partial charge < -0.3 is 10.1 Å². The number of benzene rings is 1. The van der Waals surface area contributed by atoms with E-state index in [-0.39, 0.29) is 5.82 Å². The molecule has 0 unspecified atom stereocenters. The Labute approximate surface area is 160 Å². The van der Waals surface area contributed by atoms with Gasteiger partial charge in [0.2, 0.25) is 11.8 Å². The van der Waals surface area contributed by atoms with E-state index < -0.39 is 0 Å². The number of ether oxygens (including phenoxy) is 1. The van der Waals surface area contributed by atoms with Gasteiger partial charge in [-0.15, -0.1) is 0 Å². The van der Waals surface area contributed by atoms with Gasteiger partial charge in [-0.25, -0.2) is 29.3 Å². The third kappa shape index (κ3) is 3.75. The molecular formula is C20H15FN6O. The van der Waals surface area contributed by atoms with E-state index in [0.29, 0.717) is 40.0 Å². The zero-order valence-corrected chi connectivity index (χ0v) is 14.9. The molecule has 0 spiro atoms. The molecular weight excluding hydrogens is 359 g/mol. The molecule has 0 radical (unpaired) electrons. The van der Waals surface area contributed by atoms with Crippen molar-refractivity contribution in [3.05, 3.63) is 73.2 Å². The first-order chi connectivity index (χ1) is 13.7. The molecule has 28 heavy (non-hydrogen) atoms. The van der Waals surface area contributed by atoms with Crippen LogP contribution in [0.3, 0.4) is 0 Å². The fourth-order valence-corrected chi connectivity index (χ4v) is 2.64.